The van der Waals surface area contributed by atoms with Crippen LogP contribution in [-0.4, -0.2) is 0 Å². The third-order valence-electron chi connectivity index (χ3n) is 4.67. The molecule has 0 saturated heterocycles. The van der Waals surface area contributed by atoms with E-state index < -0.39 is 0 Å². The van der Waals surface area contributed by atoms with E-state index in [0.717, 1.165) is 17.8 Å². The second-order valence-electron chi connectivity index (χ2n) is 6.15. The summed E-state index contributed by atoms with van der Waals surface area (Å²) in [5.74, 6) is 2.92. The minimum Gasteiger partial charge on any atom is -0.0670 e. The van der Waals surface area contributed by atoms with Crippen LogP contribution < -0.4 is 0 Å². The van der Waals surface area contributed by atoms with E-state index in [9.17, 15) is 0 Å². The van der Waals surface area contributed by atoms with Gasteiger partial charge in [-0.05, 0) is 37.0 Å². The Balaban J connectivity index is 1.68. The molecular weight excluding hydrogens is 192 g/mol. The highest BCUT2D eigenvalue weighted by Crippen LogP contribution is 2.52. The van der Waals surface area contributed by atoms with E-state index in [1.807, 2.05) is 11.1 Å². The van der Waals surface area contributed by atoms with Crippen LogP contribution in [0.15, 0.2) is 11.1 Å². The number of hydrogen-bond acceptors (Lipinski definition) is 0. The molecule has 0 nitrogen and oxygen atoms in total. The van der Waals surface area contributed by atoms with Crippen molar-refractivity contribution in [3.8, 4) is 0 Å². The molecule has 3 unspecified atom stereocenters. The monoisotopic (exact) mass is 220 g/mol. The van der Waals surface area contributed by atoms with Crippen LogP contribution in [-0.2, 0) is 0 Å². The highest BCUT2D eigenvalue weighted by atomic mass is 14.4. The van der Waals surface area contributed by atoms with E-state index in [4.69, 9.17) is 0 Å². The second kappa shape index (κ2) is 5.38. The van der Waals surface area contributed by atoms with Gasteiger partial charge in [-0.25, -0.2) is 0 Å². The van der Waals surface area contributed by atoms with Gasteiger partial charge in [0.1, 0.15) is 0 Å². The number of rotatable bonds is 6. The van der Waals surface area contributed by atoms with Crippen LogP contribution in [0.5, 0.6) is 0 Å². The molecule has 92 valence electrons. The van der Waals surface area contributed by atoms with Crippen molar-refractivity contribution in [3.05, 3.63) is 11.1 Å². The summed E-state index contributed by atoms with van der Waals surface area (Å²) in [6.45, 7) is 7.14. The molecule has 16 heavy (non-hydrogen) atoms. The third-order valence-corrected chi connectivity index (χ3v) is 4.67. The van der Waals surface area contributed by atoms with Crippen LogP contribution in [0.4, 0.5) is 0 Å². The van der Waals surface area contributed by atoms with Crippen molar-refractivity contribution in [3.63, 3.8) is 0 Å². The fraction of sp³-hybridized carbons (Fsp3) is 0.875. The van der Waals surface area contributed by atoms with Gasteiger partial charge in [-0.2, -0.15) is 0 Å². The lowest BCUT2D eigenvalue weighted by Crippen LogP contribution is -2.26. The summed E-state index contributed by atoms with van der Waals surface area (Å²) < 4.78 is 0. The summed E-state index contributed by atoms with van der Waals surface area (Å²) in [5.41, 5.74) is 3.73. The van der Waals surface area contributed by atoms with Crippen LogP contribution >= 0.6 is 0 Å². The molecule has 0 radical (unpaired) electrons. The number of hydrogen-bond donors (Lipinski definition) is 0. The van der Waals surface area contributed by atoms with Gasteiger partial charge in [-0.3, -0.25) is 0 Å². The van der Waals surface area contributed by atoms with Crippen molar-refractivity contribution in [1.82, 2.24) is 0 Å². The van der Waals surface area contributed by atoms with Crippen LogP contribution in [0, 0.1) is 17.8 Å². The zero-order valence-electron chi connectivity index (χ0n) is 11.4. The van der Waals surface area contributed by atoms with Crippen molar-refractivity contribution in [2.45, 2.75) is 72.1 Å². The molecule has 0 spiro atoms. The molecule has 0 amide bonds. The largest absolute Gasteiger partial charge is 0.0670 e. The maximum Gasteiger partial charge on any atom is -0.0172 e. The van der Waals surface area contributed by atoms with Gasteiger partial charge >= 0.3 is 0 Å². The van der Waals surface area contributed by atoms with Crippen molar-refractivity contribution in [1.29, 1.82) is 0 Å². The molecule has 0 aliphatic heterocycles. The summed E-state index contributed by atoms with van der Waals surface area (Å²) in [6.07, 6.45) is 11.5. The molecule has 0 aromatic carbocycles. The first-order chi connectivity index (χ1) is 7.74. The van der Waals surface area contributed by atoms with Gasteiger partial charge in [-0.1, -0.05) is 64.0 Å². The van der Waals surface area contributed by atoms with Gasteiger partial charge in [0, 0.05) is 0 Å². The van der Waals surface area contributed by atoms with Crippen LogP contribution in [0.1, 0.15) is 72.1 Å². The fourth-order valence-corrected chi connectivity index (χ4v) is 3.34. The second-order valence-corrected chi connectivity index (χ2v) is 6.15. The molecule has 2 aliphatic carbocycles. The summed E-state index contributed by atoms with van der Waals surface area (Å²) in [4.78, 5) is 0. The molecule has 0 N–H and O–H groups in total. The van der Waals surface area contributed by atoms with Crippen molar-refractivity contribution in [2.75, 3.05) is 0 Å². The smallest absolute Gasteiger partial charge is 0.0172 e. The van der Waals surface area contributed by atoms with Gasteiger partial charge < -0.3 is 0 Å². The first-order valence-corrected chi connectivity index (χ1v) is 7.45. The molecule has 2 fully saturated rings. The molecule has 0 heterocycles. The maximum atomic E-state index is 2.45. The SMILES string of the molecule is CCCCCCCC1C(=C2CC2C)CC1C. The topological polar surface area (TPSA) is 0 Å². The zero-order chi connectivity index (χ0) is 11.5. The molecule has 0 bridgehead atoms. The first kappa shape index (κ1) is 12.2. The van der Waals surface area contributed by atoms with Crippen LogP contribution in [0.2, 0.25) is 0 Å². The van der Waals surface area contributed by atoms with Crippen LogP contribution in [0.3, 0.4) is 0 Å². The molecule has 0 aromatic rings. The molecule has 2 saturated carbocycles. The Morgan fingerprint density at radius 3 is 2.19 bits per heavy atom. The van der Waals surface area contributed by atoms with Crippen molar-refractivity contribution >= 4 is 0 Å². The lowest BCUT2D eigenvalue weighted by molar-refractivity contribution is 0.272. The van der Waals surface area contributed by atoms with E-state index in [2.05, 4.69) is 20.8 Å². The normalized spacial score (nSPS) is 37.3. The third kappa shape index (κ3) is 2.70. The summed E-state index contributed by atoms with van der Waals surface area (Å²) in [7, 11) is 0. The van der Waals surface area contributed by atoms with E-state index in [1.165, 1.54) is 51.4 Å². The van der Waals surface area contributed by atoms with Gasteiger partial charge in [0.15, 0.2) is 0 Å². The Morgan fingerprint density at radius 1 is 0.938 bits per heavy atom. The molecule has 3 atom stereocenters. The first-order valence-electron chi connectivity index (χ1n) is 7.45. The minimum absolute atomic E-state index is 0.949. The van der Waals surface area contributed by atoms with E-state index in [1.54, 1.807) is 0 Å². The minimum atomic E-state index is 0.949. The van der Waals surface area contributed by atoms with Gasteiger partial charge in [0.05, 0.1) is 0 Å². The van der Waals surface area contributed by atoms with Crippen molar-refractivity contribution < 1.29 is 0 Å². The Labute approximate surface area is 102 Å². The van der Waals surface area contributed by atoms with E-state index in [0.29, 0.717) is 0 Å². The Bertz CT molecular complexity index is 261. The molecule has 0 heteroatoms. The van der Waals surface area contributed by atoms with Crippen LogP contribution in [0.25, 0.3) is 0 Å². The van der Waals surface area contributed by atoms with Gasteiger partial charge in [-0.15, -0.1) is 0 Å². The summed E-state index contributed by atoms with van der Waals surface area (Å²) in [6, 6.07) is 0. The maximum absolute atomic E-state index is 2.45. The lowest BCUT2D eigenvalue weighted by Gasteiger charge is -2.38. The molecular formula is C16H28. The Morgan fingerprint density at radius 2 is 1.62 bits per heavy atom. The zero-order valence-corrected chi connectivity index (χ0v) is 11.4. The number of allylic oxidation sites excluding steroid dienone is 2. The number of unbranched alkanes of at least 4 members (excludes halogenated alkanes) is 4. The molecule has 0 aromatic heterocycles. The predicted molar refractivity (Wildman–Crippen MR) is 71.5 cm³/mol. The molecule has 2 aliphatic rings. The highest BCUT2D eigenvalue weighted by molar-refractivity contribution is 5.35. The van der Waals surface area contributed by atoms with Crippen molar-refractivity contribution in [2.24, 2.45) is 17.8 Å². The fourth-order valence-electron chi connectivity index (χ4n) is 3.34. The van der Waals surface area contributed by atoms with Gasteiger partial charge in [0.25, 0.3) is 0 Å². The van der Waals surface area contributed by atoms with E-state index >= 15 is 0 Å². The van der Waals surface area contributed by atoms with Gasteiger partial charge in [0.2, 0.25) is 0 Å². The predicted octanol–water partition coefficient (Wildman–Crippen LogP) is 5.34. The average Bonchev–Trinajstić information content (AvgIpc) is 2.96. The average molecular weight is 220 g/mol. The standard InChI is InChI=1S/C16H28/c1-4-5-6-7-8-9-14-12(2)11-16(14)15-10-13(15)3/h12-14H,4-11H2,1-3H3. The lowest BCUT2D eigenvalue weighted by atomic mass is 9.67. The summed E-state index contributed by atoms with van der Waals surface area (Å²) in [5, 5.41) is 0. The Kier molecular flexibility index (Phi) is 4.10. The highest BCUT2D eigenvalue weighted by Gasteiger charge is 2.39. The molecule has 2 rings (SSSR count). The summed E-state index contributed by atoms with van der Waals surface area (Å²) >= 11 is 0. The quantitative estimate of drug-likeness (QED) is 0.419. The van der Waals surface area contributed by atoms with E-state index in [-0.39, 0.29) is 0 Å². The Hall–Kier alpha value is -0.260.